The van der Waals surface area contributed by atoms with Crippen molar-refractivity contribution in [2.75, 3.05) is 20.8 Å². The van der Waals surface area contributed by atoms with E-state index in [1.807, 2.05) is 6.07 Å². The minimum atomic E-state index is -0.468. The zero-order chi connectivity index (χ0) is 17.5. The molecule has 2 rings (SSSR count). The fraction of sp³-hybridized carbons (Fsp3) is 0.222. The Balaban J connectivity index is 1.89. The molecule has 0 spiro atoms. The summed E-state index contributed by atoms with van der Waals surface area (Å²) in [4.78, 5) is 13.5. The first-order valence-electron chi connectivity index (χ1n) is 7.23. The van der Waals surface area contributed by atoms with E-state index in [1.165, 1.54) is 24.1 Å². The summed E-state index contributed by atoms with van der Waals surface area (Å²) in [6, 6.07) is 13.1. The van der Waals surface area contributed by atoms with Crippen LogP contribution in [-0.2, 0) is 11.3 Å². The number of rotatable bonds is 6. The maximum Gasteiger partial charge on any atom is 0.260 e. The van der Waals surface area contributed by atoms with Crippen molar-refractivity contribution < 1.29 is 18.7 Å². The summed E-state index contributed by atoms with van der Waals surface area (Å²) < 4.78 is 23.9. The Bertz CT molecular complexity index is 754. The molecule has 0 heterocycles. The highest BCUT2D eigenvalue weighted by molar-refractivity contribution is 5.77. The number of likely N-dealkylation sites (N-methyl/N-ethyl adjacent to an activating group) is 1. The summed E-state index contributed by atoms with van der Waals surface area (Å²) in [5.41, 5.74) is 1.18. The second-order valence-corrected chi connectivity index (χ2v) is 5.14. The summed E-state index contributed by atoms with van der Waals surface area (Å²) in [5, 5.41) is 8.73. The van der Waals surface area contributed by atoms with Crippen LogP contribution in [0.5, 0.6) is 11.5 Å². The van der Waals surface area contributed by atoms with Crippen molar-refractivity contribution in [1.82, 2.24) is 4.90 Å². The number of carbonyl (C=O) groups excluding carboxylic acids is 1. The number of nitriles is 1. The summed E-state index contributed by atoms with van der Waals surface area (Å²) in [6.07, 6.45) is 0. The molecule has 2 aromatic carbocycles. The molecular formula is C18H17FN2O3. The zero-order valence-electron chi connectivity index (χ0n) is 13.5. The minimum Gasteiger partial charge on any atom is -0.494 e. The van der Waals surface area contributed by atoms with Gasteiger partial charge in [0, 0.05) is 13.6 Å². The molecule has 6 heteroatoms. The quantitative estimate of drug-likeness (QED) is 0.818. The highest BCUT2D eigenvalue weighted by Gasteiger charge is 2.12. The molecule has 0 aliphatic heterocycles. The molecule has 0 saturated carbocycles. The van der Waals surface area contributed by atoms with Crippen molar-refractivity contribution in [2.45, 2.75) is 6.54 Å². The van der Waals surface area contributed by atoms with Gasteiger partial charge in [0.1, 0.15) is 5.75 Å². The summed E-state index contributed by atoms with van der Waals surface area (Å²) in [6.45, 7) is 0.123. The third-order valence-electron chi connectivity index (χ3n) is 3.41. The molecule has 0 atom stereocenters. The van der Waals surface area contributed by atoms with Gasteiger partial charge < -0.3 is 14.4 Å². The average molecular weight is 328 g/mol. The molecule has 2 aromatic rings. The Morgan fingerprint density at radius 1 is 1.25 bits per heavy atom. The molecule has 0 N–H and O–H groups in total. The van der Waals surface area contributed by atoms with Gasteiger partial charge in [-0.25, -0.2) is 4.39 Å². The first kappa shape index (κ1) is 17.3. The van der Waals surface area contributed by atoms with Gasteiger partial charge in [-0.2, -0.15) is 5.26 Å². The number of benzene rings is 2. The van der Waals surface area contributed by atoms with Crippen molar-refractivity contribution in [3.8, 4) is 17.6 Å². The van der Waals surface area contributed by atoms with Gasteiger partial charge >= 0.3 is 0 Å². The number of ether oxygens (including phenoxy) is 2. The SMILES string of the molecule is COc1ccc(CN(C)C(=O)COc2ccc(C#N)cc2)cc1F. The Morgan fingerprint density at radius 3 is 2.54 bits per heavy atom. The summed E-state index contributed by atoms with van der Waals surface area (Å²) >= 11 is 0. The van der Waals surface area contributed by atoms with E-state index in [2.05, 4.69) is 0 Å². The number of amides is 1. The number of halogens is 1. The molecule has 0 radical (unpaired) electrons. The highest BCUT2D eigenvalue weighted by atomic mass is 19.1. The van der Waals surface area contributed by atoms with Crippen LogP contribution in [-0.4, -0.2) is 31.6 Å². The average Bonchev–Trinajstić information content (AvgIpc) is 2.60. The molecule has 5 nitrogen and oxygen atoms in total. The lowest BCUT2D eigenvalue weighted by Crippen LogP contribution is -2.31. The molecule has 0 bridgehead atoms. The van der Waals surface area contributed by atoms with Crippen LogP contribution in [0.25, 0.3) is 0 Å². The maximum absolute atomic E-state index is 13.7. The van der Waals surface area contributed by atoms with Crippen molar-refractivity contribution in [3.63, 3.8) is 0 Å². The summed E-state index contributed by atoms with van der Waals surface area (Å²) in [5.74, 6) is -0.0385. The smallest absolute Gasteiger partial charge is 0.260 e. The monoisotopic (exact) mass is 328 g/mol. The molecule has 1 amide bonds. The van der Waals surface area contributed by atoms with E-state index in [9.17, 15) is 9.18 Å². The molecule has 0 aliphatic carbocycles. The van der Waals surface area contributed by atoms with Crippen molar-refractivity contribution in [2.24, 2.45) is 0 Å². The third kappa shape index (κ3) is 4.46. The Labute approximate surface area is 139 Å². The largest absolute Gasteiger partial charge is 0.494 e. The number of hydrogen-bond acceptors (Lipinski definition) is 4. The van der Waals surface area contributed by atoms with E-state index >= 15 is 0 Å². The highest BCUT2D eigenvalue weighted by Crippen LogP contribution is 2.18. The fourth-order valence-corrected chi connectivity index (χ4v) is 2.05. The third-order valence-corrected chi connectivity index (χ3v) is 3.41. The van der Waals surface area contributed by atoms with E-state index < -0.39 is 5.82 Å². The number of nitrogens with zero attached hydrogens (tertiary/aromatic N) is 2. The topological polar surface area (TPSA) is 62.6 Å². The minimum absolute atomic E-state index is 0.138. The van der Waals surface area contributed by atoms with Crippen LogP contribution in [0.1, 0.15) is 11.1 Å². The van der Waals surface area contributed by atoms with Gasteiger partial charge in [-0.1, -0.05) is 6.07 Å². The van der Waals surface area contributed by atoms with Crippen molar-refractivity contribution in [3.05, 3.63) is 59.4 Å². The van der Waals surface area contributed by atoms with Crippen molar-refractivity contribution >= 4 is 5.91 Å². The van der Waals surface area contributed by atoms with Gasteiger partial charge in [-0.3, -0.25) is 4.79 Å². The second-order valence-electron chi connectivity index (χ2n) is 5.14. The molecule has 0 aromatic heterocycles. The number of hydrogen-bond donors (Lipinski definition) is 0. The normalized spacial score (nSPS) is 9.92. The number of carbonyl (C=O) groups is 1. The van der Waals surface area contributed by atoms with Crippen LogP contribution >= 0.6 is 0 Å². The van der Waals surface area contributed by atoms with Crippen LogP contribution in [0.4, 0.5) is 4.39 Å². The van der Waals surface area contributed by atoms with E-state index in [0.29, 0.717) is 16.9 Å². The molecule has 24 heavy (non-hydrogen) atoms. The Kier molecular flexibility index (Phi) is 5.74. The Morgan fingerprint density at radius 2 is 1.96 bits per heavy atom. The fourth-order valence-electron chi connectivity index (χ4n) is 2.05. The van der Waals surface area contributed by atoms with Crippen molar-refractivity contribution in [1.29, 1.82) is 5.26 Å². The lowest BCUT2D eigenvalue weighted by atomic mass is 10.2. The van der Waals surface area contributed by atoms with Crippen LogP contribution < -0.4 is 9.47 Å². The van der Waals surface area contributed by atoms with Crippen LogP contribution in [0.3, 0.4) is 0 Å². The van der Waals surface area contributed by atoms with E-state index in [-0.39, 0.29) is 24.8 Å². The summed E-state index contributed by atoms with van der Waals surface area (Å²) in [7, 11) is 3.01. The zero-order valence-corrected chi connectivity index (χ0v) is 13.5. The maximum atomic E-state index is 13.7. The molecule has 0 saturated heterocycles. The van der Waals surface area contributed by atoms with E-state index in [4.69, 9.17) is 14.7 Å². The second kappa shape index (κ2) is 7.97. The van der Waals surface area contributed by atoms with E-state index in [1.54, 1.807) is 37.4 Å². The van der Waals surface area contributed by atoms with E-state index in [0.717, 1.165) is 0 Å². The lowest BCUT2D eigenvalue weighted by molar-refractivity contribution is -0.132. The Hall–Kier alpha value is -3.07. The van der Waals surface area contributed by atoms with Gasteiger partial charge in [0.2, 0.25) is 0 Å². The molecule has 0 fully saturated rings. The molecular weight excluding hydrogens is 311 g/mol. The molecule has 0 unspecified atom stereocenters. The predicted octanol–water partition coefficient (Wildman–Crippen LogP) is 2.74. The van der Waals surface area contributed by atoms with Gasteiger partial charge in [0.25, 0.3) is 5.91 Å². The van der Waals surface area contributed by atoms with Gasteiger partial charge in [0.15, 0.2) is 18.2 Å². The first-order chi connectivity index (χ1) is 11.5. The standard InChI is InChI=1S/C18H17FN2O3/c1-21(11-14-5-8-17(23-2)16(19)9-14)18(22)12-24-15-6-3-13(10-20)4-7-15/h3-9H,11-12H2,1-2H3. The van der Waals surface area contributed by atoms with Crippen LogP contribution in [0.15, 0.2) is 42.5 Å². The predicted molar refractivity (Wildman–Crippen MR) is 86.1 cm³/mol. The molecule has 124 valence electrons. The van der Waals surface area contributed by atoms with Gasteiger partial charge in [-0.05, 0) is 42.0 Å². The van der Waals surface area contributed by atoms with Gasteiger partial charge in [-0.15, -0.1) is 0 Å². The van der Waals surface area contributed by atoms with Crippen LogP contribution in [0.2, 0.25) is 0 Å². The number of methoxy groups -OCH3 is 1. The van der Waals surface area contributed by atoms with Gasteiger partial charge in [0.05, 0.1) is 18.7 Å². The lowest BCUT2D eigenvalue weighted by Gasteiger charge is -2.18. The van der Waals surface area contributed by atoms with Crippen LogP contribution in [0, 0.1) is 17.1 Å². The first-order valence-corrected chi connectivity index (χ1v) is 7.23. The molecule has 0 aliphatic rings.